The van der Waals surface area contributed by atoms with E-state index in [4.69, 9.17) is 4.74 Å². The normalized spacial score (nSPS) is 11.9. The molecule has 0 unspecified atom stereocenters. The highest BCUT2D eigenvalue weighted by molar-refractivity contribution is 5.94. The van der Waals surface area contributed by atoms with Crippen molar-refractivity contribution in [1.82, 2.24) is 14.8 Å². The molecule has 0 spiro atoms. The van der Waals surface area contributed by atoms with Gasteiger partial charge in [0, 0.05) is 18.6 Å². The van der Waals surface area contributed by atoms with Gasteiger partial charge in [-0.05, 0) is 25.1 Å². The van der Waals surface area contributed by atoms with Crippen molar-refractivity contribution in [1.29, 1.82) is 0 Å². The summed E-state index contributed by atoms with van der Waals surface area (Å²) in [5, 5.41) is 6.79. The van der Waals surface area contributed by atoms with Gasteiger partial charge in [-0.15, -0.1) is 0 Å². The van der Waals surface area contributed by atoms with E-state index in [9.17, 15) is 4.79 Å². The molecule has 6 nitrogen and oxygen atoms in total. The Morgan fingerprint density at radius 1 is 1.44 bits per heavy atom. The zero-order valence-corrected chi connectivity index (χ0v) is 10.2. The second kappa shape index (κ2) is 5.31. The molecule has 0 aliphatic carbocycles. The van der Waals surface area contributed by atoms with Gasteiger partial charge in [-0.2, -0.15) is 5.10 Å². The fourth-order valence-electron chi connectivity index (χ4n) is 1.52. The summed E-state index contributed by atoms with van der Waals surface area (Å²) in [5.41, 5.74) is 0.545. The van der Waals surface area contributed by atoms with Gasteiger partial charge in [0.1, 0.15) is 11.7 Å². The predicted molar refractivity (Wildman–Crippen MR) is 66.4 cm³/mol. The molecule has 1 amide bonds. The summed E-state index contributed by atoms with van der Waals surface area (Å²) in [6.45, 7) is 1.77. The third kappa shape index (κ3) is 2.48. The Labute approximate surface area is 105 Å². The number of ether oxygens (including phenoxy) is 1. The van der Waals surface area contributed by atoms with Crippen LogP contribution in [0.2, 0.25) is 0 Å². The molecule has 0 radical (unpaired) electrons. The van der Waals surface area contributed by atoms with Crippen molar-refractivity contribution in [2.24, 2.45) is 0 Å². The largest absolute Gasteiger partial charge is 0.480 e. The molecule has 1 N–H and O–H groups in total. The quantitative estimate of drug-likeness (QED) is 0.887. The molecule has 0 aromatic carbocycles. The van der Waals surface area contributed by atoms with E-state index < -0.39 is 6.04 Å². The molecule has 0 saturated heterocycles. The number of carbonyl (C=O) groups is 1. The number of nitrogens with one attached hydrogen (secondary N) is 1. The van der Waals surface area contributed by atoms with Crippen LogP contribution in [0.15, 0.2) is 36.8 Å². The SMILES string of the molecule is COc1ncccc1NC(=O)[C@@H](C)n1cccn1. The van der Waals surface area contributed by atoms with Crippen LogP contribution in [-0.2, 0) is 4.79 Å². The molecule has 1 atom stereocenters. The van der Waals surface area contributed by atoms with Gasteiger partial charge in [0.2, 0.25) is 11.8 Å². The summed E-state index contributed by atoms with van der Waals surface area (Å²) in [4.78, 5) is 16.0. The molecule has 0 bridgehead atoms. The zero-order chi connectivity index (χ0) is 13.0. The van der Waals surface area contributed by atoms with Gasteiger partial charge >= 0.3 is 0 Å². The van der Waals surface area contributed by atoms with Crippen LogP contribution in [0.3, 0.4) is 0 Å². The summed E-state index contributed by atoms with van der Waals surface area (Å²) < 4.78 is 6.65. The fourth-order valence-corrected chi connectivity index (χ4v) is 1.52. The van der Waals surface area contributed by atoms with Crippen molar-refractivity contribution in [3.8, 4) is 5.88 Å². The third-order valence-electron chi connectivity index (χ3n) is 2.52. The number of methoxy groups -OCH3 is 1. The van der Waals surface area contributed by atoms with Crippen molar-refractivity contribution in [3.05, 3.63) is 36.8 Å². The molecule has 0 aliphatic rings. The van der Waals surface area contributed by atoms with E-state index in [2.05, 4.69) is 15.4 Å². The maximum Gasteiger partial charge on any atom is 0.249 e. The van der Waals surface area contributed by atoms with Crippen molar-refractivity contribution in [3.63, 3.8) is 0 Å². The summed E-state index contributed by atoms with van der Waals surface area (Å²) >= 11 is 0. The second-order valence-corrected chi connectivity index (χ2v) is 3.71. The molecule has 0 aliphatic heterocycles. The van der Waals surface area contributed by atoms with Gasteiger partial charge in [-0.3, -0.25) is 9.48 Å². The third-order valence-corrected chi connectivity index (χ3v) is 2.52. The van der Waals surface area contributed by atoms with Gasteiger partial charge in [0.25, 0.3) is 0 Å². The number of anilines is 1. The molecule has 0 saturated carbocycles. The van der Waals surface area contributed by atoms with E-state index in [1.165, 1.54) is 7.11 Å². The standard InChI is InChI=1S/C12H14N4O2/c1-9(16-8-4-7-14-16)11(17)15-10-5-3-6-13-12(10)18-2/h3-9H,1-2H3,(H,15,17)/t9-/m1/s1. The molecular weight excluding hydrogens is 232 g/mol. The van der Waals surface area contributed by atoms with Crippen LogP contribution in [0.1, 0.15) is 13.0 Å². The number of amides is 1. The lowest BCUT2D eigenvalue weighted by Crippen LogP contribution is -2.24. The highest BCUT2D eigenvalue weighted by atomic mass is 16.5. The summed E-state index contributed by atoms with van der Waals surface area (Å²) in [5.74, 6) is 0.212. The topological polar surface area (TPSA) is 69.0 Å². The van der Waals surface area contributed by atoms with Crippen molar-refractivity contribution in [2.75, 3.05) is 12.4 Å². The Morgan fingerprint density at radius 2 is 2.28 bits per heavy atom. The average molecular weight is 246 g/mol. The Bertz CT molecular complexity index is 525. The Morgan fingerprint density at radius 3 is 2.94 bits per heavy atom. The molecule has 18 heavy (non-hydrogen) atoms. The predicted octanol–water partition coefficient (Wildman–Crippen LogP) is 1.49. The highest BCUT2D eigenvalue weighted by Crippen LogP contribution is 2.21. The molecule has 94 valence electrons. The minimum absolute atomic E-state index is 0.176. The van der Waals surface area contributed by atoms with Gasteiger partial charge in [0.05, 0.1) is 7.11 Å². The van der Waals surface area contributed by atoms with Crippen LogP contribution in [0.25, 0.3) is 0 Å². The van der Waals surface area contributed by atoms with Crippen LogP contribution in [0.5, 0.6) is 5.88 Å². The fraction of sp³-hybridized carbons (Fsp3) is 0.250. The smallest absolute Gasteiger partial charge is 0.249 e. The van der Waals surface area contributed by atoms with Gasteiger partial charge in [-0.25, -0.2) is 4.98 Å². The van der Waals surface area contributed by atoms with Crippen LogP contribution in [0.4, 0.5) is 5.69 Å². The second-order valence-electron chi connectivity index (χ2n) is 3.71. The molecule has 2 rings (SSSR count). The molecule has 2 heterocycles. The first-order valence-corrected chi connectivity index (χ1v) is 5.51. The van der Waals surface area contributed by atoms with E-state index in [1.54, 1.807) is 48.4 Å². The summed E-state index contributed by atoms with van der Waals surface area (Å²) in [7, 11) is 1.51. The van der Waals surface area contributed by atoms with Crippen LogP contribution < -0.4 is 10.1 Å². The van der Waals surface area contributed by atoms with E-state index in [-0.39, 0.29) is 5.91 Å². The highest BCUT2D eigenvalue weighted by Gasteiger charge is 2.16. The number of aromatic nitrogens is 3. The van der Waals surface area contributed by atoms with Gasteiger partial charge in [0.15, 0.2) is 0 Å². The van der Waals surface area contributed by atoms with Crippen molar-refractivity contribution < 1.29 is 9.53 Å². The van der Waals surface area contributed by atoms with E-state index >= 15 is 0 Å². The van der Waals surface area contributed by atoms with E-state index in [1.807, 2.05) is 0 Å². The van der Waals surface area contributed by atoms with Gasteiger partial charge < -0.3 is 10.1 Å². The summed E-state index contributed by atoms with van der Waals surface area (Å²) in [6, 6.07) is 4.84. The maximum atomic E-state index is 12.0. The molecular formula is C12H14N4O2. The molecule has 2 aromatic heterocycles. The maximum absolute atomic E-state index is 12.0. The number of pyridine rings is 1. The monoisotopic (exact) mass is 246 g/mol. The minimum atomic E-state index is -0.398. The first-order chi connectivity index (χ1) is 8.72. The first kappa shape index (κ1) is 12.1. The Hall–Kier alpha value is -2.37. The van der Waals surface area contributed by atoms with Crippen LogP contribution in [0, 0.1) is 0 Å². The number of hydrogen-bond acceptors (Lipinski definition) is 4. The van der Waals surface area contributed by atoms with Crippen molar-refractivity contribution in [2.45, 2.75) is 13.0 Å². The van der Waals surface area contributed by atoms with Crippen LogP contribution in [-0.4, -0.2) is 27.8 Å². The first-order valence-electron chi connectivity index (χ1n) is 5.51. The lowest BCUT2D eigenvalue weighted by atomic mass is 10.3. The number of nitrogens with zero attached hydrogens (tertiary/aromatic N) is 3. The van der Waals surface area contributed by atoms with E-state index in [0.717, 1.165) is 0 Å². The number of hydrogen-bond donors (Lipinski definition) is 1. The van der Waals surface area contributed by atoms with Gasteiger partial charge in [-0.1, -0.05) is 0 Å². The molecule has 6 heteroatoms. The Balaban J connectivity index is 2.12. The van der Waals surface area contributed by atoms with Crippen molar-refractivity contribution >= 4 is 11.6 Å². The van der Waals surface area contributed by atoms with Crippen LogP contribution >= 0.6 is 0 Å². The lowest BCUT2D eigenvalue weighted by Gasteiger charge is -2.13. The zero-order valence-electron chi connectivity index (χ0n) is 10.2. The lowest BCUT2D eigenvalue weighted by molar-refractivity contribution is -0.119. The molecule has 0 fully saturated rings. The summed E-state index contributed by atoms with van der Waals surface area (Å²) in [6.07, 6.45) is 4.98. The number of carbonyl (C=O) groups excluding carboxylic acids is 1. The van der Waals surface area contributed by atoms with E-state index in [0.29, 0.717) is 11.6 Å². The minimum Gasteiger partial charge on any atom is -0.480 e. The Kier molecular flexibility index (Phi) is 3.57. The number of rotatable bonds is 4. The molecule has 2 aromatic rings. The average Bonchev–Trinajstić information content (AvgIpc) is 2.92.